The Morgan fingerprint density at radius 1 is 1.38 bits per heavy atom. The third kappa shape index (κ3) is 2.91. The van der Waals surface area contributed by atoms with Crippen LogP contribution in [0.3, 0.4) is 0 Å². The van der Waals surface area contributed by atoms with Crippen LogP contribution < -0.4 is 10.6 Å². The van der Waals surface area contributed by atoms with Crippen molar-refractivity contribution in [2.24, 2.45) is 0 Å². The van der Waals surface area contributed by atoms with Crippen LogP contribution in [0.1, 0.15) is 24.1 Å². The normalized spacial score (nSPS) is 18.5. The molecule has 5 heteroatoms. The molecule has 0 spiro atoms. The number of H-pyrrole nitrogens is 1. The number of amides is 2. The smallest absolute Gasteiger partial charge is 0.224 e. The van der Waals surface area contributed by atoms with E-state index in [2.05, 4.69) is 15.6 Å². The van der Waals surface area contributed by atoms with E-state index in [1.807, 2.05) is 31.2 Å². The Morgan fingerprint density at radius 2 is 2.19 bits per heavy atom. The first-order valence-corrected chi connectivity index (χ1v) is 7.25. The van der Waals surface area contributed by atoms with Gasteiger partial charge in [0.15, 0.2) is 0 Å². The van der Waals surface area contributed by atoms with E-state index in [4.69, 9.17) is 0 Å². The zero-order valence-corrected chi connectivity index (χ0v) is 12.0. The highest BCUT2D eigenvalue weighted by Crippen LogP contribution is 2.22. The van der Waals surface area contributed by atoms with E-state index >= 15 is 0 Å². The highest BCUT2D eigenvalue weighted by atomic mass is 16.2. The Morgan fingerprint density at radius 3 is 2.95 bits per heavy atom. The molecule has 1 atom stereocenters. The van der Waals surface area contributed by atoms with Gasteiger partial charge in [0.25, 0.3) is 0 Å². The van der Waals surface area contributed by atoms with Crippen molar-refractivity contribution in [3.63, 3.8) is 0 Å². The minimum absolute atomic E-state index is 0.00371. The van der Waals surface area contributed by atoms with Gasteiger partial charge in [0, 0.05) is 35.6 Å². The van der Waals surface area contributed by atoms with Gasteiger partial charge in [0.05, 0.1) is 6.42 Å². The average Bonchev–Trinajstić information content (AvgIpc) is 2.78. The van der Waals surface area contributed by atoms with E-state index in [1.165, 1.54) is 0 Å². The summed E-state index contributed by atoms with van der Waals surface area (Å²) in [5.41, 5.74) is 3.13. The van der Waals surface area contributed by atoms with E-state index in [1.54, 1.807) is 0 Å². The van der Waals surface area contributed by atoms with Gasteiger partial charge in [-0.15, -0.1) is 0 Å². The fourth-order valence-corrected chi connectivity index (χ4v) is 2.86. The second-order valence-electron chi connectivity index (χ2n) is 5.56. The molecule has 110 valence electrons. The summed E-state index contributed by atoms with van der Waals surface area (Å²) in [6, 6.07) is 8.05. The predicted molar refractivity (Wildman–Crippen MR) is 80.9 cm³/mol. The van der Waals surface area contributed by atoms with Crippen LogP contribution in [0.25, 0.3) is 10.9 Å². The van der Waals surface area contributed by atoms with Crippen molar-refractivity contribution >= 4 is 22.7 Å². The maximum atomic E-state index is 12.2. The molecule has 1 unspecified atom stereocenters. The van der Waals surface area contributed by atoms with Crippen LogP contribution in [0, 0.1) is 6.92 Å². The highest BCUT2D eigenvalue weighted by Gasteiger charge is 2.20. The Balaban J connectivity index is 1.69. The molecule has 1 aliphatic heterocycles. The van der Waals surface area contributed by atoms with Gasteiger partial charge in [-0.25, -0.2) is 0 Å². The maximum absolute atomic E-state index is 12.2. The fraction of sp³-hybridized carbons (Fsp3) is 0.375. The molecule has 1 saturated heterocycles. The third-order valence-corrected chi connectivity index (χ3v) is 3.99. The number of benzene rings is 1. The fourth-order valence-electron chi connectivity index (χ4n) is 2.86. The van der Waals surface area contributed by atoms with Crippen LogP contribution in [-0.2, 0) is 16.0 Å². The Hall–Kier alpha value is -2.30. The van der Waals surface area contributed by atoms with Gasteiger partial charge >= 0.3 is 0 Å². The highest BCUT2D eigenvalue weighted by molar-refractivity contribution is 5.90. The molecule has 1 aromatic carbocycles. The van der Waals surface area contributed by atoms with Crippen LogP contribution >= 0.6 is 0 Å². The van der Waals surface area contributed by atoms with Gasteiger partial charge in [0.1, 0.15) is 0 Å². The topological polar surface area (TPSA) is 74.0 Å². The minimum Gasteiger partial charge on any atom is -0.358 e. The molecule has 2 heterocycles. The van der Waals surface area contributed by atoms with Gasteiger partial charge in [-0.1, -0.05) is 18.2 Å². The Labute approximate surface area is 123 Å². The molecule has 0 radical (unpaired) electrons. The van der Waals surface area contributed by atoms with Crippen LogP contribution in [0.15, 0.2) is 24.3 Å². The maximum Gasteiger partial charge on any atom is 0.224 e. The number of carbonyl (C=O) groups excluding carboxylic acids is 2. The number of aryl methyl sites for hydroxylation is 1. The molecule has 0 bridgehead atoms. The van der Waals surface area contributed by atoms with Crippen molar-refractivity contribution in [3.05, 3.63) is 35.5 Å². The zero-order valence-electron chi connectivity index (χ0n) is 12.0. The zero-order chi connectivity index (χ0) is 14.8. The van der Waals surface area contributed by atoms with E-state index in [0.717, 1.165) is 22.2 Å². The molecular weight excluding hydrogens is 266 g/mol. The lowest BCUT2D eigenvalue weighted by atomic mass is 10.0. The largest absolute Gasteiger partial charge is 0.358 e. The van der Waals surface area contributed by atoms with E-state index < -0.39 is 0 Å². The molecule has 2 aromatic rings. The van der Waals surface area contributed by atoms with E-state index in [-0.39, 0.29) is 17.9 Å². The number of aromatic amines is 1. The number of para-hydroxylation sites is 1. The molecule has 1 fully saturated rings. The van der Waals surface area contributed by atoms with Crippen molar-refractivity contribution in [2.45, 2.75) is 32.2 Å². The number of aromatic nitrogens is 1. The molecule has 0 aliphatic carbocycles. The summed E-state index contributed by atoms with van der Waals surface area (Å²) < 4.78 is 0. The van der Waals surface area contributed by atoms with Crippen molar-refractivity contribution in [1.29, 1.82) is 0 Å². The monoisotopic (exact) mass is 285 g/mol. The summed E-state index contributed by atoms with van der Waals surface area (Å²) in [7, 11) is 0. The molecule has 0 saturated carbocycles. The Bertz CT molecular complexity index is 680. The van der Waals surface area contributed by atoms with Gasteiger partial charge in [-0.3, -0.25) is 9.59 Å². The molecule has 1 aliphatic rings. The molecule has 3 N–H and O–H groups in total. The van der Waals surface area contributed by atoms with Crippen molar-refractivity contribution in [2.75, 3.05) is 6.54 Å². The summed E-state index contributed by atoms with van der Waals surface area (Å²) in [5, 5.41) is 6.88. The second-order valence-corrected chi connectivity index (χ2v) is 5.56. The molecular formula is C16H19N3O2. The quantitative estimate of drug-likeness (QED) is 0.798. The molecule has 2 amide bonds. The van der Waals surface area contributed by atoms with Gasteiger partial charge in [0.2, 0.25) is 11.8 Å². The molecule has 1 aromatic heterocycles. The van der Waals surface area contributed by atoms with Crippen molar-refractivity contribution < 1.29 is 9.59 Å². The third-order valence-electron chi connectivity index (χ3n) is 3.99. The standard InChI is InChI=1S/C16H19N3O2/c1-10-13(12-4-2-3-5-14(12)18-10)8-16(21)19-11-6-7-15(20)17-9-11/h2-5,11,18H,6-9H2,1H3,(H,17,20)(H,19,21). The first-order chi connectivity index (χ1) is 10.1. The van der Waals surface area contributed by atoms with E-state index in [0.29, 0.717) is 25.8 Å². The number of carbonyl (C=O) groups is 2. The first kappa shape index (κ1) is 13.7. The van der Waals surface area contributed by atoms with E-state index in [9.17, 15) is 9.59 Å². The van der Waals surface area contributed by atoms with Crippen molar-refractivity contribution in [1.82, 2.24) is 15.6 Å². The summed E-state index contributed by atoms with van der Waals surface area (Å²) in [4.78, 5) is 26.6. The number of fused-ring (bicyclic) bond motifs is 1. The first-order valence-electron chi connectivity index (χ1n) is 7.25. The van der Waals surface area contributed by atoms with Crippen LogP contribution in [-0.4, -0.2) is 29.4 Å². The Kier molecular flexibility index (Phi) is 3.64. The molecule has 5 nitrogen and oxygen atoms in total. The number of hydrogen-bond donors (Lipinski definition) is 3. The SMILES string of the molecule is Cc1[nH]c2ccccc2c1CC(=O)NC1CCC(=O)NC1. The lowest BCUT2D eigenvalue weighted by Crippen LogP contribution is -2.48. The summed E-state index contributed by atoms with van der Waals surface area (Å²) in [6.07, 6.45) is 1.56. The average molecular weight is 285 g/mol. The minimum atomic E-state index is 0.00371. The number of rotatable bonds is 3. The summed E-state index contributed by atoms with van der Waals surface area (Å²) >= 11 is 0. The number of piperidine rings is 1. The van der Waals surface area contributed by atoms with Gasteiger partial charge in [-0.2, -0.15) is 0 Å². The summed E-state index contributed by atoms with van der Waals surface area (Å²) in [5.74, 6) is 0.0666. The van der Waals surface area contributed by atoms with Crippen LogP contribution in [0.2, 0.25) is 0 Å². The molecule has 21 heavy (non-hydrogen) atoms. The van der Waals surface area contributed by atoms with Crippen molar-refractivity contribution in [3.8, 4) is 0 Å². The second kappa shape index (κ2) is 5.60. The van der Waals surface area contributed by atoms with Gasteiger partial charge in [-0.05, 0) is 25.0 Å². The lowest BCUT2D eigenvalue weighted by Gasteiger charge is -2.23. The number of nitrogens with one attached hydrogen (secondary N) is 3. The van der Waals surface area contributed by atoms with Crippen LogP contribution in [0.5, 0.6) is 0 Å². The summed E-state index contributed by atoms with van der Waals surface area (Å²) in [6.45, 7) is 2.51. The predicted octanol–water partition coefficient (Wildman–Crippen LogP) is 1.41. The lowest BCUT2D eigenvalue weighted by molar-refractivity contribution is -0.125. The molecule has 3 rings (SSSR count). The number of hydrogen-bond acceptors (Lipinski definition) is 2. The van der Waals surface area contributed by atoms with Gasteiger partial charge < -0.3 is 15.6 Å². The van der Waals surface area contributed by atoms with Crippen LogP contribution in [0.4, 0.5) is 0 Å².